The summed E-state index contributed by atoms with van der Waals surface area (Å²) in [6.07, 6.45) is 11.7. The van der Waals surface area contributed by atoms with Gasteiger partial charge < -0.3 is 10.4 Å². The topological polar surface area (TPSA) is 52.6 Å². The predicted molar refractivity (Wildman–Crippen MR) is 92.5 cm³/mol. The first-order chi connectivity index (χ1) is 11.1. The molecule has 4 heteroatoms. The Bertz CT molecular complexity index is 391. The average molecular weight is 322 g/mol. The number of hydrogen-bond acceptors (Lipinski definition) is 3. The minimum Gasteiger partial charge on any atom is -0.481 e. The van der Waals surface area contributed by atoms with E-state index in [0.717, 1.165) is 37.9 Å². The van der Waals surface area contributed by atoms with Crippen molar-refractivity contribution in [3.63, 3.8) is 0 Å². The largest absolute Gasteiger partial charge is 0.481 e. The third kappa shape index (κ3) is 4.48. The van der Waals surface area contributed by atoms with Crippen molar-refractivity contribution in [2.24, 2.45) is 17.8 Å². The van der Waals surface area contributed by atoms with Crippen LogP contribution in [0.3, 0.4) is 0 Å². The number of rotatable bonds is 6. The highest BCUT2D eigenvalue weighted by molar-refractivity contribution is 5.70. The van der Waals surface area contributed by atoms with Crippen molar-refractivity contribution in [1.29, 1.82) is 0 Å². The van der Waals surface area contributed by atoms with E-state index >= 15 is 0 Å². The van der Waals surface area contributed by atoms with Gasteiger partial charge in [0, 0.05) is 25.2 Å². The number of carboxylic acid groups (broad SMARTS) is 1. The molecule has 2 saturated carbocycles. The molecule has 0 amide bonds. The van der Waals surface area contributed by atoms with Gasteiger partial charge in [-0.15, -0.1) is 0 Å². The zero-order valence-electron chi connectivity index (χ0n) is 14.7. The van der Waals surface area contributed by atoms with Gasteiger partial charge in [0.15, 0.2) is 0 Å². The van der Waals surface area contributed by atoms with Gasteiger partial charge in [-0.05, 0) is 57.4 Å². The molecule has 3 atom stereocenters. The number of nitrogens with zero attached hydrogens (tertiary/aromatic N) is 1. The summed E-state index contributed by atoms with van der Waals surface area (Å²) < 4.78 is 0. The van der Waals surface area contributed by atoms with Crippen LogP contribution < -0.4 is 5.32 Å². The molecule has 3 aliphatic rings. The van der Waals surface area contributed by atoms with Crippen molar-refractivity contribution < 1.29 is 9.90 Å². The van der Waals surface area contributed by atoms with Crippen molar-refractivity contribution in [3.05, 3.63) is 0 Å². The van der Waals surface area contributed by atoms with E-state index in [9.17, 15) is 9.90 Å². The molecule has 1 saturated heterocycles. The van der Waals surface area contributed by atoms with E-state index in [1.165, 1.54) is 51.4 Å². The summed E-state index contributed by atoms with van der Waals surface area (Å²) in [5, 5.41) is 13.3. The first-order valence-electron chi connectivity index (χ1n) is 9.83. The molecule has 132 valence electrons. The zero-order valence-corrected chi connectivity index (χ0v) is 14.7. The van der Waals surface area contributed by atoms with Crippen molar-refractivity contribution >= 4 is 5.97 Å². The molecule has 0 spiro atoms. The Balaban J connectivity index is 1.53. The second-order valence-corrected chi connectivity index (χ2v) is 8.27. The van der Waals surface area contributed by atoms with Crippen molar-refractivity contribution in [2.45, 2.75) is 76.8 Å². The van der Waals surface area contributed by atoms with E-state index < -0.39 is 5.97 Å². The Morgan fingerprint density at radius 1 is 1.13 bits per heavy atom. The smallest absolute Gasteiger partial charge is 0.307 e. The van der Waals surface area contributed by atoms with Crippen LogP contribution in [0.4, 0.5) is 0 Å². The Labute approximate surface area is 141 Å². The van der Waals surface area contributed by atoms with Crippen molar-refractivity contribution in [1.82, 2.24) is 10.2 Å². The van der Waals surface area contributed by atoms with Gasteiger partial charge in [0.2, 0.25) is 0 Å². The van der Waals surface area contributed by atoms with Crippen LogP contribution >= 0.6 is 0 Å². The second kappa shape index (κ2) is 7.98. The number of carboxylic acids is 1. The number of carbonyl (C=O) groups is 1. The highest BCUT2D eigenvalue weighted by Crippen LogP contribution is 2.34. The highest BCUT2D eigenvalue weighted by atomic mass is 16.4. The van der Waals surface area contributed by atoms with Gasteiger partial charge in [0.25, 0.3) is 0 Å². The van der Waals surface area contributed by atoms with E-state index in [1.807, 2.05) is 0 Å². The molecule has 1 heterocycles. The maximum Gasteiger partial charge on any atom is 0.307 e. The van der Waals surface area contributed by atoms with Gasteiger partial charge in [-0.2, -0.15) is 0 Å². The molecule has 3 unspecified atom stereocenters. The molecule has 2 N–H and O–H groups in total. The highest BCUT2D eigenvalue weighted by Gasteiger charge is 2.37. The van der Waals surface area contributed by atoms with Gasteiger partial charge in [0.1, 0.15) is 0 Å². The van der Waals surface area contributed by atoms with Crippen LogP contribution in [0.25, 0.3) is 0 Å². The van der Waals surface area contributed by atoms with E-state index in [0.29, 0.717) is 12.1 Å². The molecular formula is C19H34N2O2. The van der Waals surface area contributed by atoms with Crippen LogP contribution in [0.5, 0.6) is 0 Å². The van der Waals surface area contributed by atoms with Gasteiger partial charge >= 0.3 is 5.97 Å². The van der Waals surface area contributed by atoms with E-state index in [-0.39, 0.29) is 5.92 Å². The molecule has 3 rings (SSSR count). The quantitative estimate of drug-likeness (QED) is 0.789. The fraction of sp³-hybridized carbons (Fsp3) is 0.947. The van der Waals surface area contributed by atoms with Crippen LogP contribution in [0.15, 0.2) is 0 Å². The molecule has 1 aliphatic heterocycles. The van der Waals surface area contributed by atoms with E-state index in [2.05, 4.69) is 17.1 Å². The summed E-state index contributed by atoms with van der Waals surface area (Å²) >= 11 is 0. The summed E-state index contributed by atoms with van der Waals surface area (Å²) in [6.45, 7) is 5.18. The molecule has 0 aromatic rings. The molecular weight excluding hydrogens is 288 g/mol. The summed E-state index contributed by atoms with van der Waals surface area (Å²) in [4.78, 5) is 14.0. The molecule has 23 heavy (non-hydrogen) atoms. The lowest BCUT2D eigenvalue weighted by molar-refractivity contribution is -0.144. The summed E-state index contributed by atoms with van der Waals surface area (Å²) in [5.41, 5.74) is 0. The number of nitrogens with one attached hydrogen (secondary N) is 1. The van der Waals surface area contributed by atoms with Crippen LogP contribution in [0.2, 0.25) is 0 Å². The van der Waals surface area contributed by atoms with Crippen molar-refractivity contribution in [3.8, 4) is 0 Å². The summed E-state index contributed by atoms with van der Waals surface area (Å²) in [7, 11) is 0. The van der Waals surface area contributed by atoms with E-state index in [4.69, 9.17) is 0 Å². The lowest BCUT2D eigenvalue weighted by atomic mass is 9.78. The fourth-order valence-corrected chi connectivity index (χ4v) is 4.74. The lowest BCUT2D eigenvalue weighted by Gasteiger charge is -2.45. The first kappa shape index (κ1) is 17.2. The average Bonchev–Trinajstić information content (AvgIpc) is 2.52. The number of likely N-dealkylation sites (tertiary alicyclic amines) is 1. The fourth-order valence-electron chi connectivity index (χ4n) is 4.74. The monoisotopic (exact) mass is 322 g/mol. The van der Waals surface area contributed by atoms with Gasteiger partial charge in [-0.25, -0.2) is 0 Å². The lowest BCUT2D eigenvalue weighted by Crippen LogP contribution is -2.56. The Kier molecular flexibility index (Phi) is 5.97. The molecule has 4 nitrogen and oxygen atoms in total. The Morgan fingerprint density at radius 2 is 1.87 bits per heavy atom. The molecule has 0 aromatic carbocycles. The van der Waals surface area contributed by atoms with E-state index in [1.54, 1.807) is 0 Å². The third-order valence-corrected chi connectivity index (χ3v) is 6.66. The molecule has 3 fully saturated rings. The number of piperidine rings is 1. The van der Waals surface area contributed by atoms with Gasteiger partial charge in [0.05, 0.1) is 5.92 Å². The first-order valence-corrected chi connectivity index (χ1v) is 9.83. The minimum atomic E-state index is -0.611. The Hall–Kier alpha value is -0.610. The SMILES string of the molecule is CC(C1CCC1)N1CC(NCC2CCCCC2)CC(C(=O)O)C1. The predicted octanol–water partition coefficient (Wildman–Crippen LogP) is 3.12. The molecule has 0 radical (unpaired) electrons. The number of hydrogen-bond donors (Lipinski definition) is 2. The maximum absolute atomic E-state index is 11.6. The Morgan fingerprint density at radius 3 is 2.48 bits per heavy atom. The maximum atomic E-state index is 11.6. The van der Waals surface area contributed by atoms with Crippen LogP contribution in [0.1, 0.15) is 64.7 Å². The number of aliphatic carboxylic acids is 1. The summed E-state index contributed by atoms with van der Waals surface area (Å²) in [5.74, 6) is 0.795. The third-order valence-electron chi connectivity index (χ3n) is 6.66. The summed E-state index contributed by atoms with van der Waals surface area (Å²) in [6, 6.07) is 0.902. The van der Waals surface area contributed by atoms with Crippen LogP contribution in [-0.4, -0.2) is 47.7 Å². The van der Waals surface area contributed by atoms with Crippen LogP contribution in [0, 0.1) is 17.8 Å². The molecule has 2 aliphatic carbocycles. The second-order valence-electron chi connectivity index (χ2n) is 8.27. The normalized spacial score (nSPS) is 32.4. The standard InChI is InChI=1S/C19H34N2O2/c1-14(16-8-5-9-16)21-12-17(19(22)23)10-18(13-21)20-11-15-6-3-2-4-7-15/h14-18,20H,2-13H2,1H3,(H,22,23). The minimum absolute atomic E-state index is 0.199. The molecule has 0 aromatic heterocycles. The van der Waals surface area contributed by atoms with Gasteiger partial charge in [-0.1, -0.05) is 25.7 Å². The van der Waals surface area contributed by atoms with Crippen LogP contribution in [-0.2, 0) is 4.79 Å². The van der Waals surface area contributed by atoms with Gasteiger partial charge in [-0.3, -0.25) is 9.69 Å². The van der Waals surface area contributed by atoms with Crippen molar-refractivity contribution in [2.75, 3.05) is 19.6 Å². The molecule has 0 bridgehead atoms. The zero-order chi connectivity index (χ0) is 16.2.